The molecule has 0 saturated carbocycles. The van der Waals surface area contributed by atoms with Gasteiger partial charge in [0.05, 0.1) is 12.0 Å². The molecule has 2 aromatic rings. The molecule has 2 atom stereocenters. The third-order valence-electron chi connectivity index (χ3n) is 5.57. The van der Waals surface area contributed by atoms with Crippen LogP contribution in [0.5, 0.6) is 0 Å². The Kier molecular flexibility index (Phi) is 4.84. The van der Waals surface area contributed by atoms with Gasteiger partial charge >= 0.3 is 0 Å². The molecule has 140 valence electrons. The summed E-state index contributed by atoms with van der Waals surface area (Å²) >= 11 is 0. The van der Waals surface area contributed by atoms with Crippen molar-refractivity contribution in [2.45, 2.75) is 12.5 Å². The Bertz CT molecular complexity index is 836. The summed E-state index contributed by atoms with van der Waals surface area (Å²) in [5, 5.41) is 2.98. The van der Waals surface area contributed by atoms with Gasteiger partial charge in [0.15, 0.2) is 0 Å². The maximum absolute atomic E-state index is 13.3. The number of nitrogens with zero attached hydrogens (tertiary/aromatic N) is 2. The van der Waals surface area contributed by atoms with Gasteiger partial charge in [-0.1, -0.05) is 24.3 Å². The summed E-state index contributed by atoms with van der Waals surface area (Å²) in [6.07, 6.45) is 2.44. The van der Waals surface area contributed by atoms with E-state index < -0.39 is 0 Å². The lowest BCUT2D eigenvalue weighted by molar-refractivity contribution is -0.125. The van der Waals surface area contributed by atoms with E-state index in [1.807, 2.05) is 18.2 Å². The zero-order chi connectivity index (χ0) is 18.8. The first kappa shape index (κ1) is 17.6. The average Bonchev–Trinajstić information content (AvgIpc) is 2.71. The van der Waals surface area contributed by atoms with Crippen molar-refractivity contribution in [2.75, 3.05) is 36.0 Å². The number of fused-ring (bicyclic) bond motifs is 3. The van der Waals surface area contributed by atoms with Crippen LogP contribution in [-0.4, -0.2) is 38.1 Å². The van der Waals surface area contributed by atoms with Crippen LogP contribution in [0.25, 0.3) is 0 Å². The van der Waals surface area contributed by atoms with E-state index in [4.69, 9.17) is 0 Å². The molecule has 2 aliphatic rings. The zero-order valence-electron chi connectivity index (χ0n) is 15.3. The van der Waals surface area contributed by atoms with Crippen molar-refractivity contribution < 1.29 is 9.18 Å². The Hall–Kier alpha value is -2.82. The Balaban J connectivity index is 1.63. The second-order valence-electron chi connectivity index (χ2n) is 7.16. The Labute approximate surface area is 159 Å². The SMILES string of the molecule is C=CCNC(=O)[C@H]1Cc2ccccc2N2CCN(c3ccc(F)cc3)C[C@@H]12. The summed E-state index contributed by atoms with van der Waals surface area (Å²) in [6.45, 7) is 6.59. The number of hydrogen-bond donors (Lipinski definition) is 1. The summed E-state index contributed by atoms with van der Waals surface area (Å²) in [6, 6.07) is 15.1. The molecule has 4 rings (SSSR count). The van der Waals surface area contributed by atoms with Crippen LogP contribution in [0.3, 0.4) is 0 Å². The number of carbonyl (C=O) groups excluding carboxylic acids is 1. The van der Waals surface area contributed by atoms with Crippen molar-refractivity contribution in [1.29, 1.82) is 0 Å². The number of hydrogen-bond acceptors (Lipinski definition) is 3. The average molecular weight is 365 g/mol. The Morgan fingerprint density at radius 1 is 1.19 bits per heavy atom. The molecule has 0 radical (unpaired) electrons. The van der Waals surface area contributed by atoms with Crippen LogP contribution in [0.2, 0.25) is 0 Å². The molecule has 2 aliphatic heterocycles. The van der Waals surface area contributed by atoms with Gasteiger partial charge < -0.3 is 15.1 Å². The molecule has 5 heteroatoms. The number of anilines is 2. The number of benzene rings is 2. The quantitative estimate of drug-likeness (QED) is 0.846. The summed E-state index contributed by atoms with van der Waals surface area (Å²) < 4.78 is 13.3. The molecule has 27 heavy (non-hydrogen) atoms. The second-order valence-corrected chi connectivity index (χ2v) is 7.16. The molecule has 4 nitrogen and oxygen atoms in total. The maximum Gasteiger partial charge on any atom is 0.225 e. The molecule has 1 fully saturated rings. The Morgan fingerprint density at radius 2 is 1.96 bits per heavy atom. The largest absolute Gasteiger partial charge is 0.368 e. The van der Waals surface area contributed by atoms with Crippen molar-refractivity contribution in [1.82, 2.24) is 5.32 Å². The summed E-state index contributed by atoms with van der Waals surface area (Å²) in [5.74, 6) is -0.283. The van der Waals surface area contributed by atoms with Crippen LogP contribution in [-0.2, 0) is 11.2 Å². The standard InChI is InChI=1S/C22H24FN3O/c1-2-11-24-22(27)19-14-16-5-3-4-6-20(16)26-13-12-25(15-21(19)26)18-9-7-17(23)8-10-18/h2-10,19,21H,1,11-15H2,(H,24,27)/t19-,21-/m0/s1. The van der Waals surface area contributed by atoms with E-state index >= 15 is 0 Å². The molecule has 1 N–H and O–H groups in total. The lowest BCUT2D eigenvalue weighted by Gasteiger charge is -2.49. The summed E-state index contributed by atoms with van der Waals surface area (Å²) in [5.41, 5.74) is 3.46. The second kappa shape index (κ2) is 7.43. The van der Waals surface area contributed by atoms with Crippen LogP contribution in [0.1, 0.15) is 5.56 Å². The number of halogens is 1. The lowest BCUT2D eigenvalue weighted by Crippen LogP contribution is -2.61. The molecule has 2 heterocycles. The highest BCUT2D eigenvalue weighted by Crippen LogP contribution is 2.36. The topological polar surface area (TPSA) is 35.6 Å². The van der Waals surface area contributed by atoms with Crippen molar-refractivity contribution in [3.05, 3.63) is 72.6 Å². The highest BCUT2D eigenvalue weighted by molar-refractivity contribution is 5.82. The zero-order valence-corrected chi connectivity index (χ0v) is 15.3. The van der Waals surface area contributed by atoms with Crippen molar-refractivity contribution in [2.24, 2.45) is 5.92 Å². The van der Waals surface area contributed by atoms with E-state index in [-0.39, 0.29) is 23.7 Å². The molecule has 0 bridgehead atoms. The van der Waals surface area contributed by atoms with E-state index in [2.05, 4.69) is 39.9 Å². The van der Waals surface area contributed by atoms with E-state index in [9.17, 15) is 9.18 Å². The minimum atomic E-state index is -0.231. The van der Waals surface area contributed by atoms with Gasteiger partial charge in [-0.05, 0) is 42.3 Å². The first-order valence-corrected chi connectivity index (χ1v) is 9.41. The van der Waals surface area contributed by atoms with Crippen LogP contribution >= 0.6 is 0 Å². The van der Waals surface area contributed by atoms with Gasteiger partial charge in [-0.15, -0.1) is 6.58 Å². The maximum atomic E-state index is 13.3. The van der Waals surface area contributed by atoms with Gasteiger partial charge in [-0.3, -0.25) is 4.79 Å². The molecular weight excluding hydrogens is 341 g/mol. The normalized spacial score (nSPS) is 21.2. The fourth-order valence-corrected chi connectivity index (χ4v) is 4.25. The predicted molar refractivity (Wildman–Crippen MR) is 107 cm³/mol. The molecule has 2 aromatic carbocycles. The molecule has 0 aliphatic carbocycles. The number of amides is 1. The number of carbonyl (C=O) groups is 1. The van der Waals surface area contributed by atoms with Crippen LogP contribution in [0, 0.1) is 11.7 Å². The van der Waals surface area contributed by atoms with Gasteiger partial charge in [0.25, 0.3) is 0 Å². The Morgan fingerprint density at radius 3 is 2.74 bits per heavy atom. The summed E-state index contributed by atoms with van der Waals surface area (Å²) in [7, 11) is 0. The first-order valence-electron chi connectivity index (χ1n) is 9.41. The third-order valence-corrected chi connectivity index (χ3v) is 5.57. The molecule has 0 unspecified atom stereocenters. The molecule has 0 spiro atoms. The van der Waals surface area contributed by atoms with Gasteiger partial charge in [0.1, 0.15) is 5.82 Å². The van der Waals surface area contributed by atoms with E-state index in [1.54, 1.807) is 6.08 Å². The number of para-hydroxylation sites is 1. The number of piperazine rings is 1. The third kappa shape index (κ3) is 3.42. The fraction of sp³-hybridized carbons (Fsp3) is 0.318. The van der Waals surface area contributed by atoms with Gasteiger partial charge in [-0.25, -0.2) is 4.39 Å². The highest BCUT2D eigenvalue weighted by atomic mass is 19.1. The van der Waals surface area contributed by atoms with Crippen molar-refractivity contribution >= 4 is 17.3 Å². The fourth-order valence-electron chi connectivity index (χ4n) is 4.25. The van der Waals surface area contributed by atoms with Crippen LogP contribution in [0.4, 0.5) is 15.8 Å². The van der Waals surface area contributed by atoms with Crippen LogP contribution < -0.4 is 15.1 Å². The molecule has 1 saturated heterocycles. The first-order chi connectivity index (χ1) is 13.2. The van der Waals surface area contributed by atoms with E-state index in [0.717, 1.165) is 31.7 Å². The summed E-state index contributed by atoms with van der Waals surface area (Å²) in [4.78, 5) is 17.5. The van der Waals surface area contributed by atoms with Crippen LogP contribution in [0.15, 0.2) is 61.2 Å². The number of nitrogens with one attached hydrogen (secondary N) is 1. The minimum Gasteiger partial charge on any atom is -0.368 e. The number of rotatable bonds is 4. The predicted octanol–water partition coefficient (Wildman–Crippen LogP) is 3.00. The molecule has 0 aromatic heterocycles. The highest BCUT2D eigenvalue weighted by Gasteiger charge is 2.41. The van der Waals surface area contributed by atoms with Crippen molar-refractivity contribution in [3.8, 4) is 0 Å². The van der Waals surface area contributed by atoms with Gasteiger partial charge in [0.2, 0.25) is 5.91 Å². The van der Waals surface area contributed by atoms with E-state index in [1.165, 1.54) is 23.4 Å². The van der Waals surface area contributed by atoms with Gasteiger partial charge in [0, 0.05) is 37.6 Å². The molecular formula is C22H24FN3O. The van der Waals surface area contributed by atoms with Gasteiger partial charge in [-0.2, -0.15) is 0 Å². The van der Waals surface area contributed by atoms with E-state index in [0.29, 0.717) is 6.54 Å². The monoisotopic (exact) mass is 365 g/mol. The molecule has 1 amide bonds. The van der Waals surface area contributed by atoms with Crippen molar-refractivity contribution in [3.63, 3.8) is 0 Å². The minimum absolute atomic E-state index is 0.0698. The smallest absolute Gasteiger partial charge is 0.225 e. The lowest BCUT2D eigenvalue weighted by atomic mass is 9.83.